The first-order valence-corrected chi connectivity index (χ1v) is 23.3. The molecule has 0 N–H and O–H groups in total. The molecule has 4 heterocycles. The first kappa shape index (κ1) is 38.8. The number of rotatable bonds is 7. The van der Waals surface area contributed by atoms with Crippen LogP contribution in [0.5, 0.6) is 0 Å². The van der Waals surface area contributed by atoms with E-state index in [1.54, 1.807) is 0 Å². The van der Waals surface area contributed by atoms with Crippen LogP contribution in [-0.4, -0.2) is 24.1 Å². The van der Waals surface area contributed by atoms with Gasteiger partial charge in [0, 0.05) is 60.4 Å². The van der Waals surface area contributed by atoms with Crippen molar-refractivity contribution in [2.24, 2.45) is 0 Å². The molecule has 14 aromatic rings. The van der Waals surface area contributed by atoms with Gasteiger partial charge in [-0.25, -0.2) is 15.0 Å². The molecule has 4 aromatic heterocycles. The van der Waals surface area contributed by atoms with Crippen LogP contribution in [0.2, 0.25) is 0 Å². The fraction of sp³-hybridized carbons (Fsp3) is 0. The standard InChI is InChI=1S/C63H39N5O/c1-4-16-40(17-5-1)43-20-14-22-45(38-43)62-64-61(65-63(66-62)46-23-15-21-44(39-46)41-18-6-2-7-19-41)42-30-32-48(33-31-42)68-56-29-13-11-27-50(56)52-35-37-54-53-36-34-51-49-26-10-12-28-55(49)67(47-24-8-3-9-25-47)57(51)59(53)69-60(54)58(52)68/h1-39H. The zero-order chi connectivity index (χ0) is 45.4. The van der Waals surface area contributed by atoms with Gasteiger partial charge < -0.3 is 13.6 Å². The van der Waals surface area contributed by atoms with Crippen molar-refractivity contribution in [1.29, 1.82) is 0 Å². The molecule has 14 rings (SSSR count). The summed E-state index contributed by atoms with van der Waals surface area (Å²) in [6, 6.07) is 83.1. The Labute approximate surface area is 396 Å². The highest BCUT2D eigenvalue weighted by atomic mass is 16.3. The molecule has 0 saturated carbocycles. The van der Waals surface area contributed by atoms with Crippen LogP contribution >= 0.6 is 0 Å². The summed E-state index contributed by atoms with van der Waals surface area (Å²) < 4.78 is 12.0. The van der Waals surface area contributed by atoms with E-state index in [2.05, 4.69) is 234 Å². The third-order valence-corrected chi connectivity index (χ3v) is 13.6. The molecule has 69 heavy (non-hydrogen) atoms. The summed E-state index contributed by atoms with van der Waals surface area (Å²) in [7, 11) is 0. The largest absolute Gasteiger partial charge is 0.452 e. The molecule has 0 aliphatic rings. The summed E-state index contributed by atoms with van der Waals surface area (Å²) in [6.45, 7) is 0. The minimum Gasteiger partial charge on any atom is -0.452 e. The maximum Gasteiger partial charge on any atom is 0.164 e. The topological polar surface area (TPSA) is 61.7 Å². The second-order valence-corrected chi connectivity index (χ2v) is 17.6. The molecule has 0 radical (unpaired) electrons. The van der Waals surface area contributed by atoms with Gasteiger partial charge in [0.25, 0.3) is 0 Å². The first-order chi connectivity index (χ1) is 34.2. The molecule has 0 saturated heterocycles. The van der Waals surface area contributed by atoms with Crippen molar-refractivity contribution in [2.45, 2.75) is 0 Å². The van der Waals surface area contributed by atoms with Gasteiger partial charge in [0.15, 0.2) is 28.6 Å². The van der Waals surface area contributed by atoms with Gasteiger partial charge in [-0.1, -0.05) is 164 Å². The van der Waals surface area contributed by atoms with Crippen molar-refractivity contribution >= 4 is 65.6 Å². The van der Waals surface area contributed by atoms with Crippen LogP contribution in [0.15, 0.2) is 241 Å². The Hall–Kier alpha value is -9.39. The van der Waals surface area contributed by atoms with Crippen molar-refractivity contribution in [2.75, 3.05) is 0 Å². The van der Waals surface area contributed by atoms with Crippen molar-refractivity contribution in [1.82, 2.24) is 24.1 Å². The summed E-state index contributed by atoms with van der Waals surface area (Å²) in [5.74, 6) is 1.81. The molecule has 6 heteroatoms. The Morgan fingerprint density at radius 2 is 0.638 bits per heavy atom. The molecular weight excluding hydrogens is 843 g/mol. The second kappa shape index (κ2) is 15.6. The number of para-hydroxylation sites is 3. The zero-order valence-electron chi connectivity index (χ0n) is 37.2. The zero-order valence-corrected chi connectivity index (χ0v) is 37.2. The normalized spacial score (nSPS) is 11.8. The molecule has 0 unspecified atom stereocenters. The van der Waals surface area contributed by atoms with E-state index in [0.717, 1.165) is 110 Å². The minimum atomic E-state index is 0.594. The molecular formula is C63H39N5O. The average Bonchev–Trinajstić information content (AvgIpc) is 4.10. The lowest BCUT2D eigenvalue weighted by atomic mass is 10.0. The summed E-state index contributed by atoms with van der Waals surface area (Å²) in [5.41, 5.74) is 15.3. The van der Waals surface area contributed by atoms with Gasteiger partial charge in [0.1, 0.15) is 0 Å². The third kappa shape index (κ3) is 6.30. The lowest BCUT2D eigenvalue weighted by Gasteiger charge is -2.12. The number of nitrogens with zero attached hydrogens (tertiary/aromatic N) is 5. The Kier molecular flexibility index (Phi) is 8.79. The van der Waals surface area contributed by atoms with E-state index in [-0.39, 0.29) is 0 Å². The van der Waals surface area contributed by atoms with Gasteiger partial charge in [0.05, 0.1) is 22.1 Å². The fourth-order valence-corrected chi connectivity index (χ4v) is 10.4. The molecule has 10 aromatic carbocycles. The van der Waals surface area contributed by atoms with Crippen molar-refractivity contribution in [3.63, 3.8) is 0 Å². The van der Waals surface area contributed by atoms with Gasteiger partial charge in [-0.15, -0.1) is 0 Å². The monoisotopic (exact) mass is 881 g/mol. The predicted octanol–water partition coefficient (Wildman–Crippen LogP) is 16.3. The highest BCUT2D eigenvalue weighted by molar-refractivity contribution is 6.26. The number of aromatic nitrogens is 5. The molecule has 0 aliphatic carbocycles. The molecule has 322 valence electrons. The van der Waals surface area contributed by atoms with Crippen LogP contribution in [0.1, 0.15) is 0 Å². The van der Waals surface area contributed by atoms with E-state index in [9.17, 15) is 0 Å². The molecule has 0 aliphatic heterocycles. The number of furan rings is 1. The van der Waals surface area contributed by atoms with Crippen LogP contribution in [-0.2, 0) is 0 Å². The quantitative estimate of drug-likeness (QED) is 0.160. The van der Waals surface area contributed by atoms with Crippen LogP contribution in [0.3, 0.4) is 0 Å². The van der Waals surface area contributed by atoms with E-state index in [1.165, 1.54) is 5.39 Å². The Morgan fingerprint density at radius 1 is 0.261 bits per heavy atom. The van der Waals surface area contributed by atoms with E-state index >= 15 is 0 Å². The minimum absolute atomic E-state index is 0.594. The summed E-state index contributed by atoms with van der Waals surface area (Å²) >= 11 is 0. The molecule has 0 bridgehead atoms. The molecule has 0 atom stereocenters. The van der Waals surface area contributed by atoms with E-state index in [4.69, 9.17) is 19.4 Å². The molecule has 0 spiro atoms. The Morgan fingerprint density at radius 3 is 1.13 bits per heavy atom. The summed E-state index contributed by atoms with van der Waals surface area (Å²) in [4.78, 5) is 15.5. The van der Waals surface area contributed by atoms with E-state index in [1.807, 2.05) is 12.1 Å². The highest BCUT2D eigenvalue weighted by Crippen LogP contribution is 2.44. The fourth-order valence-electron chi connectivity index (χ4n) is 10.4. The maximum absolute atomic E-state index is 7.27. The van der Waals surface area contributed by atoms with Crippen molar-refractivity contribution < 1.29 is 4.42 Å². The SMILES string of the molecule is c1ccc(-c2cccc(-c3nc(-c4ccc(-n5c6ccccc6c6ccc7c8ccc9c%10ccccc%10n(-c%10ccccc%10)c9c8oc7c65)cc4)nc(-c4cccc(-c5ccccc5)c4)n3)c2)cc1. The van der Waals surface area contributed by atoms with Gasteiger partial charge in [-0.3, -0.25) is 0 Å². The summed E-state index contributed by atoms with van der Waals surface area (Å²) in [5, 5.41) is 6.79. The number of hydrogen-bond donors (Lipinski definition) is 0. The van der Waals surface area contributed by atoms with E-state index < -0.39 is 0 Å². The van der Waals surface area contributed by atoms with Gasteiger partial charge in [-0.05, 0) is 95.1 Å². The van der Waals surface area contributed by atoms with Gasteiger partial charge in [0.2, 0.25) is 0 Å². The lowest BCUT2D eigenvalue weighted by Crippen LogP contribution is -2.01. The van der Waals surface area contributed by atoms with Crippen molar-refractivity contribution in [3.05, 3.63) is 237 Å². The van der Waals surface area contributed by atoms with Crippen LogP contribution in [0, 0.1) is 0 Å². The Balaban J connectivity index is 0.947. The Bertz CT molecular complexity index is 4180. The van der Waals surface area contributed by atoms with Crippen LogP contribution in [0.4, 0.5) is 0 Å². The van der Waals surface area contributed by atoms with E-state index in [0.29, 0.717) is 17.5 Å². The maximum atomic E-state index is 7.27. The predicted molar refractivity (Wildman–Crippen MR) is 283 cm³/mol. The first-order valence-electron chi connectivity index (χ1n) is 23.3. The van der Waals surface area contributed by atoms with Gasteiger partial charge in [-0.2, -0.15) is 0 Å². The third-order valence-electron chi connectivity index (χ3n) is 13.6. The molecule has 6 nitrogen and oxygen atoms in total. The number of fused-ring (bicyclic) bond motifs is 11. The highest BCUT2D eigenvalue weighted by Gasteiger charge is 2.23. The smallest absolute Gasteiger partial charge is 0.164 e. The second-order valence-electron chi connectivity index (χ2n) is 17.6. The van der Waals surface area contributed by atoms with Gasteiger partial charge >= 0.3 is 0 Å². The number of hydrogen-bond acceptors (Lipinski definition) is 4. The number of benzene rings is 10. The van der Waals surface area contributed by atoms with Crippen LogP contribution < -0.4 is 0 Å². The summed E-state index contributed by atoms with van der Waals surface area (Å²) in [6.07, 6.45) is 0. The molecule has 0 amide bonds. The molecule has 0 fully saturated rings. The van der Waals surface area contributed by atoms with Crippen molar-refractivity contribution in [3.8, 4) is 67.8 Å². The average molecular weight is 882 g/mol. The van der Waals surface area contributed by atoms with Crippen LogP contribution in [0.25, 0.3) is 133 Å². The lowest BCUT2D eigenvalue weighted by molar-refractivity contribution is 0.673.